The Balaban J connectivity index is 1.65. The van der Waals surface area contributed by atoms with Crippen LogP contribution in [-0.2, 0) is 9.53 Å². The van der Waals surface area contributed by atoms with Crippen molar-refractivity contribution in [2.45, 2.75) is 44.8 Å². The first-order chi connectivity index (χ1) is 9.10. The predicted octanol–water partition coefficient (Wildman–Crippen LogP) is 1.06. The average Bonchev–Trinajstić information content (AvgIpc) is 3.15. The lowest BCUT2D eigenvalue weighted by atomic mass is 10.1. The highest BCUT2D eigenvalue weighted by atomic mass is 16.5. The Bertz CT molecular complexity index is 340. The molecule has 2 atom stereocenters. The third kappa shape index (κ3) is 4.09. The molecular formula is C13H22N2O4. The number of aliphatic carboxylic acids is 1. The summed E-state index contributed by atoms with van der Waals surface area (Å²) in [5.74, 6) is -0.292. The van der Waals surface area contributed by atoms with Crippen molar-refractivity contribution in [1.82, 2.24) is 10.2 Å². The van der Waals surface area contributed by atoms with Crippen LogP contribution in [0.15, 0.2) is 0 Å². The number of amides is 2. The summed E-state index contributed by atoms with van der Waals surface area (Å²) in [6, 6.07) is 0.371. The van der Waals surface area contributed by atoms with Crippen LogP contribution < -0.4 is 5.32 Å². The van der Waals surface area contributed by atoms with Crippen LogP contribution >= 0.6 is 0 Å². The predicted molar refractivity (Wildman–Crippen MR) is 68.9 cm³/mol. The van der Waals surface area contributed by atoms with Crippen LogP contribution in [0.25, 0.3) is 0 Å². The number of carboxylic acid groups (broad SMARTS) is 1. The number of nitrogens with zero attached hydrogens (tertiary/aromatic N) is 1. The molecule has 19 heavy (non-hydrogen) atoms. The topological polar surface area (TPSA) is 78.9 Å². The van der Waals surface area contributed by atoms with E-state index in [1.165, 1.54) is 0 Å². The van der Waals surface area contributed by atoms with E-state index in [4.69, 9.17) is 9.84 Å². The highest BCUT2D eigenvalue weighted by Crippen LogP contribution is 2.33. The molecule has 0 aromatic rings. The summed E-state index contributed by atoms with van der Waals surface area (Å²) in [7, 11) is 0. The fourth-order valence-electron chi connectivity index (χ4n) is 2.54. The fraction of sp³-hybridized carbons (Fsp3) is 0.846. The summed E-state index contributed by atoms with van der Waals surface area (Å²) in [6.07, 6.45) is 3.60. The smallest absolute Gasteiger partial charge is 0.329 e. The second-order valence-corrected chi connectivity index (χ2v) is 5.35. The van der Waals surface area contributed by atoms with Crippen molar-refractivity contribution >= 4 is 12.0 Å². The molecule has 1 heterocycles. The first kappa shape index (κ1) is 14.1. The molecule has 2 unspecified atom stereocenters. The van der Waals surface area contributed by atoms with E-state index in [-0.39, 0.29) is 18.7 Å². The van der Waals surface area contributed by atoms with Crippen LogP contribution in [0, 0.1) is 5.92 Å². The van der Waals surface area contributed by atoms with Crippen LogP contribution in [0.5, 0.6) is 0 Å². The first-order valence-corrected chi connectivity index (χ1v) is 6.99. The third-order valence-corrected chi connectivity index (χ3v) is 3.93. The highest BCUT2D eigenvalue weighted by molar-refractivity contribution is 5.75. The zero-order valence-corrected chi connectivity index (χ0v) is 11.3. The van der Waals surface area contributed by atoms with Crippen LogP contribution in [0.2, 0.25) is 0 Å². The number of nitrogens with one attached hydrogen (secondary N) is 1. The molecule has 2 fully saturated rings. The van der Waals surface area contributed by atoms with Gasteiger partial charge >= 0.3 is 12.0 Å². The second-order valence-electron chi connectivity index (χ2n) is 5.35. The summed E-state index contributed by atoms with van der Waals surface area (Å²) >= 11 is 0. The van der Waals surface area contributed by atoms with Gasteiger partial charge in [-0.3, -0.25) is 0 Å². The number of carbonyl (C=O) groups is 2. The summed E-state index contributed by atoms with van der Waals surface area (Å²) in [6.45, 7) is 3.17. The molecule has 1 saturated carbocycles. The molecule has 6 heteroatoms. The number of piperidine rings is 1. The van der Waals surface area contributed by atoms with E-state index in [9.17, 15) is 9.59 Å². The number of hydrogen-bond donors (Lipinski definition) is 2. The van der Waals surface area contributed by atoms with Gasteiger partial charge in [0.2, 0.25) is 0 Å². The molecule has 2 aliphatic rings. The van der Waals surface area contributed by atoms with Crippen molar-refractivity contribution < 1.29 is 19.4 Å². The summed E-state index contributed by atoms with van der Waals surface area (Å²) in [4.78, 5) is 24.2. The largest absolute Gasteiger partial charge is 0.480 e. The number of urea groups is 1. The maximum absolute atomic E-state index is 12.0. The van der Waals surface area contributed by atoms with Crippen molar-refractivity contribution in [2.24, 2.45) is 5.92 Å². The maximum Gasteiger partial charge on any atom is 0.329 e. The molecule has 0 spiro atoms. The molecule has 0 aromatic heterocycles. The van der Waals surface area contributed by atoms with Gasteiger partial charge in [0.05, 0.1) is 6.10 Å². The van der Waals surface area contributed by atoms with Gasteiger partial charge in [0.15, 0.2) is 0 Å². The number of hydrogen-bond acceptors (Lipinski definition) is 3. The van der Waals surface area contributed by atoms with Crippen molar-refractivity contribution in [3.63, 3.8) is 0 Å². The molecule has 108 valence electrons. The van der Waals surface area contributed by atoms with E-state index < -0.39 is 5.97 Å². The van der Waals surface area contributed by atoms with E-state index in [0.29, 0.717) is 37.9 Å². The van der Waals surface area contributed by atoms with Crippen LogP contribution in [0.4, 0.5) is 4.79 Å². The number of carboxylic acids is 1. The Labute approximate surface area is 113 Å². The minimum Gasteiger partial charge on any atom is -0.480 e. The lowest BCUT2D eigenvalue weighted by molar-refractivity contribution is -0.145. The van der Waals surface area contributed by atoms with Crippen molar-refractivity contribution in [1.29, 1.82) is 0 Å². The summed E-state index contributed by atoms with van der Waals surface area (Å²) in [5, 5.41) is 11.6. The van der Waals surface area contributed by atoms with Crippen LogP contribution in [-0.4, -0.2) is 53.8 Å². The van der Waals surface area contributed by atoms with E-state index in [0.717, 1.165) is 12.8 Å². The number of likely N-dealkylation sites (tertiary alicyclic amines) is 1. The maximum atomic E-state index is 12.0. The van der Waals surface area contributed by atoms with E-state index in [1.54, 1.807) is 4.90 Å². The van der Waals surface area contributed by atoms with Gasteiger partial charge in [-0.2, -0.15) is 0 Å². The van der Waals surface area contributed by atoms with E-state index >= 15 is 0 Å². The van der Waals surface area contributed by atoms with E-state index in [1.807, 2.05) is 0 Å². The quantitative estimate of drug-likeness (QED) is 0.783. The Morgan fingerprint density at radius 1 is 1.37 bits per heavy atom. The summed E-state index contributed by atoms with van der Waals surface area (Å²) in [5.41, 5.74) is 0. The van der Waals surface area contributed by atoms with Gasteiger partial charge in [0, 0.05) is 19.1 Å². The lowest BCUT2D eigenvalue weighted by Crippen LogP contribution is -2.47. The molecule has 2 N–H and O–H groups in total. The lowest BCUT2D eigenvalue weighted by Gasteiger charge is -2.31. The zero-order chi connectivity index (χ0) is 13.8. The van der Waals surface area contributed by atoms with Gasteiger partial charge in [-0.15, -0.1) is 0 Å². The van der Waals surface area contributed by atoms with Crippen LogP contribution in [0.3, 0.4) is 0 Å². The molecule has 1 saturated heterocycles. The third-order valence-electron chi connectivity index (χ3n) is 3.93. The van der Waals surface area contributed by atoms with Gasteiger partial charge < -0.3 is 20.1 Å². The minimum absolute atomic E-state index is 0.0117. The van der Waals surface area contributed by atoms with Gasteiger partial charge in [-0.1, -0.05) is 13.3 Å². The summed E-state index contributed by atoms with van der Waals surface area (Å²) < 4.78 is 5.24. The standard InChI is InChI=1S/C13H22N2O4/c1-2-9-7-11(9)14-13(18)15-5-3-10(4-6-15)19-8-12(16)17/h9-11H,2-8H2,1H3,(H,14,18)(H,16,17). The number of ether oxygens (including phenoxy) is 1. The van der Waals surface area contributed by atoms with Crippen molar-refractivity contribution in [3.8, 4) is 0 Å². The molecule has 0 aromatic carbocycles. The van der Waals surface area contributed by atoms with Gasteiger partial charge in [0.25, 0.3) is 0 Å². The molecule has 1 aliphatic carbocycles. The average molecular weight is 270 g/mol. The number of rotatable bonds is 5. The minimum atomic E-state index is -0.945. The monoisotopic (exact) mass is 270 g/mol. The number of carbonyl (C=O) groups excluding carboxylic acids is 1. The fourth-order valence-corrected chi connectivity index (χ4v) is 2.54. The van der Waals surface area contributed by atoms with Gasteiger partial charge in [-0.25, -0.2) is 9.59 Å². The molecule has 1 aliphatic heterocycles. The molecular weight excluding hydrogens is 248 g/mol. The Kier molecular flexibility index (Phi) is 4.63. The first-order valence-electron chi connectivity index (χ1n) is 6.99. The Hall–Kier alpha value is -1.30. The zero-order valence-electron chi connectivity index (χ0n) is 11.3. The van der Waals surface area contributed by atoms with Crippen molar-refractivity contribution in [2.75, 3.05) is 19.7 Å². The van der Waals surface area contributed by atoms with Gasteiger partial charge in [0.1, 0.15) is 6.61 Å². The Morgan fingerprint density at radius 3 is 2.58 bits per heavy atom. The van der Waals surface area contributed by atoms with Crippen LogP contribution in [0.1, 0.15) is 32.6 Å². The Morgan fingerprint density at radius 2 is 2.05 bits per heavy atom. The molecule has 2 amide bonds. The highest BCUT2D eigenvalue weighted by Gasteiger charge is 2.37. The van der Waals surface area contributed by atoms with Gasteiger partial charge in [-0.05, 0) is 25.2 Å². The molecule has 6 nitrogen and oxygen atoms in total. The van der Waals surface area contributed by atoms with E-state index in [2.05, 4.69) is 12.2 Å². The SMILES string of the molecule is CCC1CC1NC(=O)N1CCC(OCC(=O)O)CC1. The molecule has 0 bridgehead atoms. The normalized spacial score (nSPS) is 27.1. The molecule has 2 rings (SSSR count). The van der Waals surface area contributed by atoms with Crippen molar-refractivity contribution in [3.05, 3.63) is 0 Å². The molecule has 0 radical (unpaired) electrons. The second kappa shape index (κ2) is 6.23.